The van der Waals surface area contributed by atoms with E-state index >= 15 is 0 Å². The second kappa shape index (κ2) is 7.28. The molecule has 3 nitrogen and oxygen atoms in total. The van der Waals surface area contributed by atoms with Crippen LogP contribution >= 0.6 is 15.9 Å². The highest BCUT2D eigenvalue weighted by Gasteiger charge is 2.02. The van der Waals surface area contributed by atoms with Gasteiger partial charge in [-0.3, -0.25) is 4.79 Å². The lowest BCUT2D eigenvalue weighted by Crippen LogP contribution is -1.98. The summed E-state index contributed by atoms with van der Waals surface area (Å²) >= 11 is 3.36. The van der Waals surface area contributed by atoms with E-state index in [9.17, 15) is 9.90 Å². The first-order chi connectivity index (χ1) is 7.77. The maximum Gasteiger partial charge on any atom is 0.160 e. The van der Waals surface area contributed by atoms with E-state index in [0.29, 0.717) is 24.2 Å². The Morgan fingerprint density at radius 2 is 2.12 bits per heavy atom. The summed E-state index contributed by atoms with van der Waals surface area (Å²) in [6.07, 6.45) is 3.87. The van der Waals surface area contributed by atoms with Crippen molar-refractivity contribution in [2.75, 3.05) is 11.9 Å². The third-order valence-electron chi connectivity index (χ3n) is 2.15. The number of hydrogen-bond acceptors (Lipinski definition) is 3. The van der Waals surface area contributed by atoms with E-state index in [1.165, 1.54) is 6.07 Å². The Morgan fingerprint density at radius 3 is 2.75 bits per heavy atom. The molecule has 4 heteroatoms. The van der Waals surface area contributed by atoms with Gasteiger partial charge in [0.25, 0.3) is 0 Å². The standard InChI is InChI=1S/C12H15BrO3/c13-6-2-1-3-7-16-12-5-4-10(9-14)8-11(12)15/h4-5,8-9,15H,1-3,6-7H2. The zero-order valence-electron chi connectivity index (χ0n) is 8.99. The van der Waals surface area contributed by atoms with Crippen molar-refractivity contribution in [3.63, 3.8) is 0 Å². The van der Waals surface area contributed by atoms with E-state index < -0.39 is 0 Å². The van der Waals surface area contributed by atoms with Crippen LogP contribution in [0.3, 0.4) is 0 Å². The minimum absolute atomic E-state index is 0.0186. The Balaban J connectivity index is 2.39. The van der Waals surface area contributed by atoms with E-state index in [1.807, 2.05) is 0 Å². The average molecular weight is 287 g/mol. The first-order valence-corrected chi connectivity index (χ1v) is 6.37. The lowest BCUT2D eigenvalue weighted by molar-refractivity contribution is 0.112. The van der Waals surface area contributed by atoms with Gasteiger partial charge >= 0.3 is 0 Å². The van der Waals surface area contributed by atoms with Gasteiger partial charge in [0.15, 0.2) is 11.5 Å². The molecule has 0 aliphatic heterocycles. The van der Waals surface area contributed by atoms with Crippen molar-refractivity contribution in [3.8, 4) is 11.5 Å². The van der Waals surface area contributed by atoms with Crippen LogP contribution in [-0.4, -0.2) is 23.3 Å². The molecule has 88 valence electrons. The summed E-state index contributed by atoms with van der Waals surface area (Å²) in [5, 5.41) is 10.5. The number of aldehydes is 1. The number of phenols is 1. The number of ether oxygens (including phenoxy) is 1. The first-order valence-electron chi connectivity index (χ1n) is 5.25. The smallest absolute Gasteiger partial charge is 0.160 e. The van der Waals surface area contributed by atoms with Gasteiger partial charge in [-0.15, -0.1) is 0 Å². The number of carbonyl (C=O) groups excluding carboxylic acids is 1. The molecule has 0 radical (unpaired) electrons. The van der Waals surface area contributed by atoms with E-state index in [4.69, 9.17) is 4.74 Å². The summed E-state index contributed by atoms with van der Waals surface area (Å²) in [7, 11) is 0. The number of unbranched alkanes of at least 4 members (excludes halogenated alkanes) is 2. The summed E-state index contributed by atoms with van der Waals surface area (Å²) in [5.74, 6) is 0.453. The monoisotopic (exact) mass is 286 g/mol. The van der Waals surface area contributed by atoms with Crippen LogP contribution in [-0.2, 0) is 0 Å². The van der Waals surface area contributed by atoms with Crippen LogP contribution < -0.4 is 4.74 Å². The van der Waals surface area contributed by atoms with Crippen molar-refractivity contribution >= 4 is 22.2 Å². The molecule has 0 aliphatic carbocycles. The highest BCUT2D eigenvalue weighted by molar-refractivity contribution is 9.09. The Kier molecular flexibility index (Phi) is 5.93. The normalized spacial score (nSPS) is 10.1. The van der Waals surface area contributed by atoms with Gasteiger partial charge in [-0.1, -0.05) is 15.9 Å². The number of halogens is 1. The maximum atomic E-state index is 10.4. The van der Waals surface area contributed by atoms with Crippen LogP contribution in [0.25, 0.3) is 0 Å². The Labute approximate surface area is 104 Å². The summed E-state index contributed by atoms with van der Waals surface area (Å²) in [6.45, 7) is 0.584. The van der Waals surface area contributed by atoms with Crippen LogP contribution in [0.4, 0.5) is 0 Å². The zero-order valence-corrected chi connectivity index (χ0v) is 10.6. The number of alkyl halides is 1. The second-order valence-electron chi connectivity index (χ2n) is 3.44. The second-order valence-corrected chi connectivity index (χ2v) is 4.24. The Bertz CT molecular complexity index is 339. The molecular weight excluding hydrogens is 272 g/mol. The lowest BCUT2D eigenvalue weighted by atomic mass is 10.2. The van der Waals surface area contributed by atoms with Gasteiger partial charge in [0.05, 0.1) is 6.61 Å². The van der Waals surface area contributed by atoms with Gasteiger partial charge in [-0.2, -0.15) is 0 Å². The molecule has 0 aromatic heterocycles. The van der Waals surface area contributed by atoms with Gasteiger partial charge in [-0.05, 0) is 37.5 Å². The number of benzene rings is 1. The molecule has 0 amide bonds. The zero-order chi connectivity index (χ0) is 11.8. The van der Waals surface area contributed by atoms with E-state index in [1.54, 1.807) is 12.1 Å². The van der Waals surface area contributed by atoms with Crippen molar-refractivity contribution in [3.05, 3.63) is 23.8 Å². The molecule has 0 saturated heterocycles. The van der Waals surface area contributed by atoms with Crippen molar-refractivity contribution < 1.29 is 14.6 Å². The number of aromatic hydroxyl groups is 1. The molecule has 0 spiro atoms. The highest BCUT2D eigenvalue weighted by atomic mass is 79.9. The number of carbonyl (C=O) groups is 1. The van der Waals surface area contributed by atoms with Gasteiger partial charge in [0, 0.05) is 10.9 Å². The van der Waals surface area contributed by atoms with Gasteiger partial charge < -0.3 is 9.84 Å². The van der Waals surface area contributed by atoms with E-state index in [-0.39, 0.29) is 5.75 Å². The minimum Gasteiger partial charge on any atom is -0.504 e. The van der Waals surface area contributed by atoms with Crippen LogP contribution in [0.15, 0.2) is 18.2 Å². The van der Waals surface area contributed by atoms with Crippen LogP contribution in [0, 0.1) is 0 Å². The van der Waals surface area contributed by atoms with Gasteiger partial charge in [0.1, 0.15) is 6.29 Å². The third kappa shape index (κ3) is 4.23. The molecular formula is C12H15BrO3. The van der Waals surface area contributed by atoms with Crippen LogP contribution in [0.2, 0.25) is 0 Å². The largest absolute Gasteiger partial charge is 0.504 e. The van der Waals surface area contributed by atoms with Crippen molar-refractivity contribution in [1.82, 2.24) is 0 Å². The number of rotatable bonds is 7. The molecule has 0 saturated carbocycles. The molecule has 1 aromatic carbocycles. The quantitative estimate of drug-likeness (QED) is 0.476. The first kappa shape index (κ1) is 13.0. The van der Waals surface area contributed by atoms with Crippen molar-refractivity contribution in [2.45, 2.75) is 19.3 Å². The third-order valence-corrected chi connectivity index (χ3v) is 2.72. The summed E-state index contributed by atoms with van der Waals surface area (Å²) in [4.78, 5) is 10.4. The van der Waals surface area contributed by atoms with E-state index in [2.05, 4.69) is 15.9 Å². The lowest BCUT2D eigenvalue weighted by Gasteiger charge is -2.07. The van der Waals surface area contributed by atoms with Gasteiger partial charge in [0.2, 0.25) is 0 Å². The van der Waals surface area contributed by atoms with Gasteiger partial charge in [-0.25, -0.2) is 0 Å². The molecule has 0 unspecified atom stereocenters. The Hall–Kier alpha value is -1.03. The van der Waals surface area contributed by atoms with Crippen molar-refractivity contribution in [2.24, 2.45) is 0 Å². The summed E-state index contributed by atoms with van der Waals surface area (Å²) < 4.78 is 5.40. The van der Waals surface area contributed by atoms with Crippen LogP contribution in [0.1, 0.15) is 29.6 Å². The molecule has 0 aliphatic rings. The Morgan fingerprint density at radius 1 is 1.31 bits per heavy atom. The molecule has 0 atom stereocenters. The summed E-state index contributed by atoms with van der Waals surface area (Å²) in [6, 6.07) is 4.64. The van der Waals surface area contributed by atoms with E-state index in [0.717, 1.165) is 24.6 Å². The average Bonchev–Trinajstić information content (AvgIpc) is 2.30. The molecule has 1 N–H and O–H groups in total. The predicted molar refractivity (Wildman–Crippen MR) is 66.6 cm³/mol. The number of hydrogen-bond donors (Lipinski definition) is 1. The SMILES string of the molecule is O=Cc1ccc(OCCCCCBr)c(O)c1. The predicted octanol–water partition coefficient (Wildman–Crippen LogP) is 3.15. The molecule has 1 aromatic rings. The fourth-order valence-electron chi connectivity index (χ4n) is 1.29. The fraction of sp³-hybridized carbons (Fsp3) is 0.417. The fourth-order valence-corrected chi connectivity index (χ4v) is 1.68. The van der Waals surface area contributed by atoms with Crippen LogP contribution in [0.5, 0.6) is 11.5 Å². The molecule has 16 heavy (non-hydrogen) atoms. The topological polar surface area (TPSA) is 46.5 Å². The number of phenolic OH excluding ortho intramolecular Hbond substituents is 1. The maximum absolute atomic E-state index is 10.4. The van der Waals surface area contributed by atoms with Crippen molar-refractivity contribution in [1.29, 1.82) is 0 Å². The summed E-state index contributed by atoms with van der Waals surface area (Å²) in [5.41, 5.74) is 0.448. The molecule has 0 fully saturated rings. The minimum atomic E-state index is 0.0186. The molecule has 1 rings (SSSR count). The molecule has 0 heterocycles. The molecule has 0 bridgehead atoms. The highest BCUT2D eigenvalue weighted by Crippen LogP contribution is 2.26.